The molecule has 2 atom stereocenters. The SMILES string of the molecule is [B][P+](=CCC)C(CCC)CCCC. The highest BCUT2D eigenvalue weighted by molar-refractivity contribution is 7.81. The highest BCUT2D eigenvalue weighted by atomic mass is 31.1. The van der Waals surface area contributed by atoms with E-state index in [2.05, 4.69) is 26.6 Å². The summed E-state index contributed by atoms with van der Waals surface area (Å²) in [6.07, 6.45) is 7.71. The maximum Gasteiger partial charge on any atom is 0.440 e. The van der Waals surface area contributed by atoms with Crippen molar-refractivity contribution >= 4 is 20.8 Å². The van der Waals surface area contributed by atoms with Crippen molar-refractivity contribution in [1.82, 2.24) is 0 Å². The van der Waals surface area contributed by atoms with E-state index in [1.165, 1.54) is 32.1 Å². The van der Waals surface area contributed by atoms with Crippen molar-refractivity contribution in [3.8, 4) is 0 Å². The smallest absolute Gasteiger partial charge is 0.0654 e. The molecule has 0 aromatic heterocycles. The van der Waals surface area contributed by atoms with E-state index < -0.39 is 0 Å². The third-order valence-corrected chi connectivity index (χ3v) is 4.47. The number of rotatable bonds is 7. The number of unbranched alkanes of at least 4 members (excludes halogenated alkanes) is 1. The minimum absolute atomic E-state index is 0.287. The van der Waals surface area contributed by atoms with Gasteiger partial charge in [-0.15, -0.1) is 0 Å². The first-order chi connectivity index (χ1) is 6.26. The summed E-state index contributed by atoms with van der Waals surface area (Å²) < 4.78 is 0. The molecule has 2 radical (unpaired) electrons. The van der Waals surface area contributed by atoms with E-state index >= 15 is 0 Å². The van der Waals surface area contributed by atoms with Crippen LogP contribution in [0.2, 0.25) is 0 Å². The molecule has 0 spiro atoms. The van der Waals surface area contributed by atoms with Crippen LogP contribution < -0.4 is 0 Å². The normalized spacial score (nSPS) is 14.5. The van der Waals surface area contributed by atoms with Crippen LogP contribution in [0.15, 0.2) is 0 Å². The van der Waals surface area contributed by atoms with Crippen molar-refractivity contribution in [3.05, 3.63) is 0 Å². The first-order valence-corrected chi connectivity index (χ1v) is 7.17. The monoisotopic (exact) mass is 197 g/mol. The second kappa shape index (κ2) is 8.82. The first-order valence-electron chi connectivity index (χ1n) is 5.62. The first kappa shape index (κ1) is 13.2. The molecule has 0 saturated heterocycles. The van der Waals surface area contributed by atoms with Crippen molar-refractivity contribution in [2.24, 2.45) is 0 Å². The molecule has 0 aliphatic heterocycles. The van der Waals surface area contributed by atoms with Gasteiger partial charge >= 0.3 is 7.57 Å². The fourth-order valence-corrected chi connectivity index (χ4v) is 3.33. The van der Waals surface area contributed by atoms with Crippen LogP contribution in [0.4, 0.5) is 0 Å². The molecule has 0 amide bonds. The maximum absolute atomic E-state index is 6.16. The summed E-state index contributed by atoms with van der Waals surface area (Å²) in [4.78, 5) is 0. The third-order valence-electron chi connectivity index (χ3n) is 2.33. The van der Waals surface area contributed by atoms with Crippen molar-refractivity contribution in [2.75, 3.05) is 0 Å². The van der Waals surface area contributed by atoms with E-state index in [-0.39, 0.29) is 7.42 Å². The summed E-state index contributed by atoms with van der Waals surface area (Å²) in [5.74, 6) is 2.32. The molecule has 2 heteroatoms. The van der Waals surface area contributed by atoms with Gasteiger partial charge in [0.25, 0.3) is 0 Å². The Morgan fingerprint density at radius 2 is 1.85 bits per heavy atom. The Hall–Kier alpha value is 0.235. The zero-order valence-electron chi connectivity index (χ0n) is 9.42. The largest absolute Gasteiger partial charge is 0.440 e. The lowest BCUT2D eigenvalue weighted by Gasteiger charge is -2.08. The zero-order chi connectivity index (χ0) is 10.1. The number of hydrogen-bond donors (Lipinski definition) is 0. The fourth-order valence-electron chi connectivity index (χ4n) is 1.58. The van der Waals surface area contributed by atoms with Crippen molar-refractivity contribution in [2.45, 2.75) is 65.0 Å². The van der Waals surface area contributed by atoms with E-state index in [0.29, 0.717) is 0 Å². The molecule has 0 nitrogen and oxygen atoms in total. The molecule has 13 heavy (non-hydrogen) atoms. The molecule has 74 valence electrons. The molecule has 2 unspecified atom stereocenters. The summed E-state index contributed by atoms with van der Waals surface area (Å²) in [6, 6.07) is 0. The van der Waals surface area contributed by atoms with Gasteiger partial charge in [-0.3, -0.25) is 0 Å². The summed E-state index contributed by atoms with van der Waals surface area (Å²) in [7, 11) is 5.88. The van der Waals surface area contributed by atoms with Gasteiger partial charge in [0.2, 0.25) is 0 Å². The van der Waals surface area contributed by atoms with Crippen LogP contribution in [0.5, 0.6) is 0 Å². The Morgan fingerprint density at radius 1 is 1.15 bits per heavy atom. The molecular weight excluding hydrogens is 174 g/mol. The molecule has 0 N–H and O–H groups in total. The van der Waals surface area contributed by atoms with Gasteiger partial charge in [0.15, 0.2) is 0 Å². The molecule has 0 bridgehead atoms. The van der Waals surface area contributed by atoms with Gasteiger partial charge < -0.3 is 0 Å². The van der Waals surface area contributed by atoms with E-state index in [4.69, 9.17) is 7.57 Å². The van der Waals surface area contributed by atoms with Gasteiger partial charge in [-0.2, -0.15) is 0 Å². The van der Waals surface area contributed by atoms with Crippen molar-refractivity contribution < 1.29 is 0 Å². The Bertz CT molecular complexity index is 143. The van der Waals surface area contributed by atoms with Crippen LogP contribution in [-0.4, -0.2) is 19.0 Å². The molecule has 0 aliphatic carbocycles. The van der Waals surface area contributed by atoms with Gasteiger partial charge in [0, 0.05) is 7.42 Å². The van der Waals surface area contributed by atoms with Gasteiger partial charge in [-0.1, -0.05) is 33.6 Å². The van der Waals surface area contributed by atoms with Crippen molar-refractivity contribution in [1.29, 1.82) is 0 Å². The Kier molecular flexibility index (Phi) is 8.98. The second-order valence-corrected chi connectivity index (χ2v) is 5.61. The highest BCUT2D eigenvalue weighted by Crippen LogP contribution is 2.31. The second-order valence-electron chi connectivity index (χ2n) is 3.62. The van der Waals surface area contributed by atoms with Gasteiger partial charge in [0.1, 0.15) is 0 Å². The summed E-state index contributed by atoms with van der Waals surface area (Å²) in [5.41, 5.74) is 0.792. The van der Waals surface area contributed by atoms with Gasteiger partial charge in [-0.25, -0.2) is 0 Å². The zero-order valence-corrected chi connectivity index (χ0v) is 10.3. The van der Waals surface area contributed by atoms with E-state index in [9.17, 15) is 0 Å². The lowest BCUT2D eigenvalue weighted by atomic mass is 10.1. The van der Waals surface area contributed by atoms with Crippen LogP contribution in [0.1, 0.15) is 59.3 Å². The fraction of sp³-hybridized carbons (Fsp3) is 0.909. The van der Waals surface area contributed by atoms with Crippen LogP contribution in [0, 0.1) is 0 Å². The Morgan fingerprint density at radius 3 is 2.31 bits per heavy atom. The predicted molar refractivity (Wildman–Crippen MR) is 67.3 cm³/mol. The quantitative estimate of drug-likeness (QED) is 0.425. The third kappa shape index (κ3) is 6.33. The highest BCUT2D eigenvalue weighted by Gasteiger charge is 2.17. The summed E-state index contributed by atoms with van der Waals surface area (Å²) in [6.45, 7) is 6.70. The molecule has 0 heterocycles. The van der Waals surface area contributed by atoms with Crippen LogP contribution in [0.3, 0.4) is 0 Å². The average molecular weight is 197 g/mol. The summed E-state index contributed by atoms with van der Waals surface area (Å²) >= 11 is 0. The van der Waals surface area contributed by atoms with E-state index in [1.54, 1.807) is 0 Å². The van der Waals surface area contributed by atoms with Crippen LogP contribution in [-0.2, 0) is 0 Å². The van der Waals surface area contributed by atoms with Crippen LogP contribution >= 0.6 is 7.42 Å². The van der Waals surface area contributed by atoms with Gasteiger partial charge in [-0.05, 0) is 25.7 Å². The summed E-state index contributed by atoms with van der Waals surface area (Å²) in [5, 5.41) is 0. The average Bonchev–Trinajstić information content (AvgIpc) is 2.12. The lowest BCUT2D eigenvalue weighted by Crippen LogP contribution is -2.03. The topological polar surface area (TPSA) is 0 Å². The maximum atomic E-state index is 6.16. The van der Waals surface area contributed by atoms with E-state index in [0.717, 1.165) is 12.1 Å². The Labute approximate surface area is 86.3 Å². The molecule has 0 saturated carbocycles. The standard InChI is InChI=1S/C11H23BP/c1-4-7-9-11(8-5-2)13(12)10-6-3/h10-11H,4-9H2,1-3H3/q+1. The lowest BCUT2D eigenvalue weighted by molar-refractivity contribution is 0.637. The molecule has 0 aliphatic rings. The molecule has 0 aromatic rings. The molecular formula is C11H23BP+. The van der Waals surface area contributed by atoms with Crippen LogP contribution in [0.25, 0.3) is 0 Å². The predicted octanol–water partition coefficient (Wildman–Crippen LogP) is 4.12. The molecule has 0 fully saturated rings. The Balaban J connectivity index is 3.98. The minimum Gasteiger partial charge on any atom is -0.0654 e. The minimum atomic E-state index is -0.287. The van der Waals surface area contributed by atoms with Gasteiger partial charge in [0.05, 0.1) is 11.5 Å². The molecule has 0 aromatic carbocycles. The van der Waals surface area contributed by atoms with E-state index in [1.807, 2.05) is 0 Å². The molecule has 0 rings (SSSR count). The van der Waals surface area contributed by atoms with Crippen molar-refractivity contribution in [3.63, 3.8) is 0 Å². The number of hydrogen-bond acceptors (Lipinski definition) is 0.